The molecule has 1 amide bonds. The van der Waals surface area contributed by atoms with E-state index in [2.05, 4.69) is 10.3 Å². The Morgan fingerprint density at radius 1 is 1.71 bits per heavy atom. The normalized spacial score (nSPS) is 12.2. The average Bonchev–Trinajstić information content (AvgIpc) is 2.29. The highest BCUT2D eigenvalue weighted by atomic mass is 35.5. The first-order valence-corrected chi connectivity index (χ1v) is 5.60. The van der Waals surface area contributed by atoms with Crippen LogP contribution in [-0.2, 0) is 4.74 Å². The van der Waals surface area contributed by atoms with Crippen LogP contribution in [0.4, 0.5) is 5.82 Å². The lowest BCUT2D eigenvalue weighted by molar-refractivity contribution is 0.0934. The second-order valence-electron chi connectivity index (χ2n) is 3.86. The number of carbonyl (C=O) groups excluding carboxylic acids is 1. The summed E-state index contributed by atoms with van der Waals surface area (Å²) < 4.78 is 4.98. The predicted molar refractivity (Wildman–Crippen MR) is 67.0 cm³/mol. The number of halogens is 1. The fourth-order valence-corrected chi connectivity index (χ4v) is 1.52. The molecule has 0 aliphatic heterocycles. The first-order valence-electron chi connectivity index (χ1n) is 5.22. The Morgan fingerprint density at radius 3 is 3.06 bits per heavy atom. The topological polar surface area (TPSA) is 77.2 Å². The zero-order chi connectivity index (χ0) is 12.8. The molecule has 0 aliphatic rings. The highest BCUT2D eigenvalue weighted by molar-refractivity contribution is 6.33. The van der Waals surface area contributed by atoms with E-state index in [1.54, 1.807) is 7.11 Å². The number of nitrogen functional groups attached to an aromatic ring is 1. The quantitative estimate of drug-likeness (QED) is 0.834. The van der Waals surface area contributed by atoms with E-state index in [1.165, 1.54) is 12.3 Å². The number of methoxy groups -OCH3 is 1. The highest BCUT2D eigenvalue weighted by Crippen LogP contribution is 2.16. The highest BCUT2D eigenvalue weighted by Gasteiger charge is 2.12. The third-order valence-electron chi connectivity index (χ3n) is 2.18. The number of aromatic nitrogens is 1. The molecule has 6 heteroatoms. The lowest BCUT2D eigenvalue weighted by Gasteiger charge is -2.12. The Labute approximate surface area is 105 Å². The second kappa shape index (κ2) is 6.42. The van der Waals surface area contributed by atoms with Gasteiger partial charge in [-0.15, -0.1) is 0 Å². The minimum Gasteiger partial charge on any atom is -0.384 e. The Kier molecular flexibility index (Phi) is 5.18. The number of nitrogens with two attached hydrogens (primary N) is 1. The van der Waals surface area contributed by atoms with Gasteiger partial charge in [-0.2, -0.15) is 0 Å². The van der Waals surface area contributed by atoms with Crippen molar-refractivity contribution in [3.8, 4) is 0 Å². The van der Waals surface area contributed by atoms with E-state index in [9.17, 15) is 4.79 Å². The van der Waals surface area contributed by atoms with E-state index in [0.29, 0.717) is 18.7 Å². The van der Waals surface area contributed by atoms with Gasteiger partial charge in [0.2, 0.25) is 0 Å². The smallest absolute Gasteiger partial charge is 0.253 e. The summed E-state index contributed by atoms with van der Waals surface area (Å²) in [6.07, 6.45) is 1.37. The second-order valence-corrected chi connectivity index (χ2v) is 4.27. The molecule has 1 aromatic rings. The summed E-state index contributed by atoms with van der Waals surface area (Å²) in [7, 11) is 1.62. The number of pyridine rings is 1. The molecule has 0 aliphatic carbocycles. The van der Waals surface area contributed by atoms with E-state index < -0.39 is 0 Å². The van der Waals surface area contributed by atoms with Crippen LogP contribution in [0.15, 0.2) is 12.3 Å². The SMILES string of the molecule is COCC(C)CNC(=O)c1cc(N)ncc1Cl. The Balaban J connectivity index is 2.61. The fourth-order valence-electron chi connectivity index (χ4n) is 1.33. The third kappa shape index (κ3) is 4.20. The van der Waals surface area contributed by atoms with E-state index in [4.69, 9.17) is 22.1 Å². The molecule has 0 saturated carbocycles. The number of hydrogen-bond acceptors (Lipinski definition) is 4. The van der Waals surface area contributed by atoms with Gasteiger partial charge in [0, 0.05) is 19.9 Å². The molecule has 0 saturated heterocycles. The first-order chi connectivity index (χ1) is 8.04. The van der Waals surface area contributed by atoms with Gasteiger partial charge >= 0.3 is 0 Å². The van der Waals surface area contributed by atoms with Gasteiger partial charge in [-0.25, -0.2) is 4.98 Å². The molecule has 0 radical (unpaired) electrons. The summed E-state index contributed by atoms with van der Waals surface area (Å²) in [5.74, 6) is 0.249. The molecule has 1 heterocycles. The Bertz CT molecular complexity index is 398. The fraction of sp³-hybridized carbons (Fsp3) is 0.455. The maximum atomic E-state index is 11.8. The number of ether oxygens (including phenoxy) is 1. The van der Waals surface area contributed by atoms with Gasteiger partial charge in [-0.05, 0) is 12.0 Å². The van der Waals surface area contributed by atoms with Crippen LogP contribution >= 0.6 is 11.6 Å². The Hall–Kier alpha value is -1.33. The number of anilines is 1. The summed E-state index contributed by atoms with van der Waals surface area (Å²) in [5.41, 5.74) is 5.84. The average molecular weight is 258 g/mol. The van der Waals surface area contributed by atoms with Gasteiger partial charge in [0.05, 0.1) is 17.2 Å². The van der Waals surface area contributed by atoms with E-state index in [0.717, 1.165) is 0 Å². The van der Waals surface area contributed by atoms with Crippen LogP contribution in [-0.4, -0.2) is 31.2 Å². The standard InChI is InChI=1S/C11H16ClN3O2/c1-7(6-17-2)4-15-11(16)8-3-10(13)14-5-9(8)12/h3,5,7H,4,6H2,1-2H3,(H2,13,14)(H,15,16). The molecule has 0 bridgehead atoms. The number of amides is 1. The molecule has 1 atom stereocenters. The predicted octanol–water partition coefficient (Wildman–Crippen LogP) is 1.33. The summed E-state index contributed by atoms with van der Waals surface area (Å²) in [4.78, 5) is 15.6. The van der Waals surface area contributed by atoms with Crippen molar-refractivity contribution in [3.63, 3.8) is 0 Å². The van der Waals surface area contributed by atoms with Gasteiger partial charge in [-0.1, -0.05) is 18.5 Å². The van der Waals surface area contributed by atoms with E-state index in [1.807, 2.05) is 6.92 Å². The summed E-state index contributed by atoms with van der Waals surface area (Å²) >= 11 is 5.86. The molecule has 1 aromatic heterocycles. The number of nitrogens with zero attached hydrogens (tertiary/aromatic N) is 1. The summed E-state index contributed by atoms with van der Waals surface area (Å²) in [5, 5.41) is 3.05. The van der Waals surface area contributed by atoms with E-state index in [-0.39, 0.29) is 22.7 Å². The van der Waals surface area contributed by atoms with Crippen molar-refractivity contribution in [3.05, 3.63) is 22.8 Å². The van der Waals surface area contributed by atoms with Gasteiger partial charge < -0.3 is 15.8 Å². The maximum Gasteiger partial charge on any atom is 0.253 e. The van der Waals surface area contributed by atoms with Crippen molar-refractivity contribution in [1.29, 1.82) is 0 Å². The van der Waals surface area contributed by atoms with Gasteiger partial charge in [0.15, 0.2) is 0 Å². The molecule has 1 unspecified atom stereocenters. The lowest BCUT2D eigenvalue weighted by atomic mass is 10.2. The van der Waals surface area contributed by atoms with Crippen LogP contribution in [0.2, 0.25) is 5.02 Å². The molecule has 1 rings (SSSR count). The molecule has 5 nitrogen and oxygen atoms in total. The van der Waals surface area contributed by atoms with E-state index >= 15 is 0 Å². The van der Waals surface area contributed by atoms with Crippen molar-refractivity contribution < 1.29 is 9.53 Å². The van der Waals surface area contributed by atoms with Gasteiger partial charge in [0.1, 0.15) is 5.82 Å². The minimum absolute atomic E-state index is 0.238. The molecular formula is C11H16ClN3O2. The number of hydrogen-bond donors (Lipinski definition) is 2. The molecule has 0 fully saturated rings. The summed E-state index contributed by atoms with van der Waals surface area (Å²) in [6, 6.07) is 1.46. The van der Waals surface area contributed by atoms with Crippen LogP contribution in [0.3, 0.4) is 0 Å². The molecule has 17 heavy (non-hydrogen) atoms. The largest absolute Gasteiger partial charge is 0.384 e. The monoisotopic (exact) mass is 257 g/mol. The van der Waals surface area contributed by atoms with Crippen molar-refractivity contribution in [1.82, 2.24) is 10.3 Å². The number of rotatable bonds is 5. The molecule has 94 valence electrons. The molecule has 0 aromatic carbocycles. The van der Waals surface area contributed by atoms with Crippen LogP contribution in [0.1, 0.15) is 17.3 Å². The number of carbonyl (C=O) groups is 1. The van der Waals surface area contributed by atoms with Crippen LogP contribution in [0.25, 0.3) is 0 Å². The van der Waals surface area contributed by atoms with Crippen LogP contribution in [0.5, 0.6) is 0 Å². The first kappa shape index (κ1) is 13.7. The van der Waals surface area contributed by atoms with Crippen molar-refractivity contribution in [2.45, 2.75) is 6.92 Å². The van der Waals surface area contributed by atoms with Crippen molar-refractivity contribution in [2.75, 3.05) is 26.0 Å². The van der Waals surface area contributed by atoms with Crippen LogP contribution in [0, 0.1) is 5.92 Å². The third-order valence-corrected chi connectivity index (χ3v) is 2.48. The molecular weight excluding hydrogens is 242 g/mol. The maximum absolute atomic E-state index is 11.8. The van der Waals surface area contributed by atoms with Gasteiger partial charge in [0.25, 0.3) is 5.91 Å². The zero-order valence-electron chi connectivity index (χ0n) is 9.87. The zero-order valence-corrected chi connectivity index (χ0v) is 10.6. The van der Waals surface area contributed by atoms with Crippen molar-refractivity contribution >= 4 is 23.3 Å². The Morgan fingerprint density at radius 2 is 2.41 bits per heavy atom. The summed E-state index contributed by atoms with van der Waals surface area (Å²) in [6.45, 7) is 3.09. The molecule has 3 N–H and O–H groups in total. The van der Waals surface area contributed by atoms with Crippen LogP contribution < -0.4 is 11.1 Å². The van der Waals surface area contributed by atoms with Gasteiger partial charge in [-0.3, -0.25) is 4.79 Å². The number of nitrogens with one attached hydrogen (secondary N) is 1. The lowest BCUT2D eigenvalue weighted by Crippen LogP contribution is -2.30. The van der Waals surface area contributed by atoms with Crippen molar-refractivity contribution in [2.24, 2.45) is 5.92 Å². The molecule has 0 spiro atoms. The minimum atomic E-state index is -0.257.